The summed E-state index contributed by atoms with van der Waals surface area (Å²) in [5.74, 6) is -1.75. The summed E-state index contributed by atoms with van der Waals surface area (Å²) >= 11 is 0. The number of nitrogens with two attached hydrogens (primary N) is 1. The van der Waals surface area contributed by atoms with E-state index in [0.29, 0.717) is 6.42 Å². The van der Waals surface area contributed by atoms with Gasteiger partial charge in [0.25, 0.3) is 0 Å². The first-order valence-corrected chi connectivity index (χ1v) is 7.45. The van der Waals surface area contributed by atoms with E-state index in [-0.39, 0.29) is 18.1 Å². The summed E-state index contributed by atoms with van der Waals surface area (Å²) in [5, 5.41) is 10.7. The lowest BCUT2D eigenvalue weighted by atomic mass is 9.88. The molecular formula is C17H22N2O3. The van der Waals surface area contributed by atoms with E-state index in [0.717, 1.165) is 16.5 Å². The van der Waals surface area contributed by atoms with E-state index in [9.17, 15) is 14.7 Å². The summed E-state index contributed by atoms with van der Waals surface area (Å²) in [6.45, 7) is 3.32. The van der Waals surface area contributed by atoms with Crippen LogP contribution in [0.1, 0.15) is 25.8 Å². The van der Waals surface area contributed by atoms with Gasteiger partial charge in [0, 0.05) is 29.4 Å². The largest absolute Gasteiger partial charge is 0.393 e. The third-order valence-electron chi connectivity index (χ3n) is 4.12. The number of benzene rings is 1. The van der Waals surface area contributed by atoms with E-state index in [1.165, 1.54) is 6.92 Å². The van der Waals surface area contributed by atoms with Gasteiger partial charge in [0.05, 0.1) is 12.0 Å². The number of rotatable bonds is 7. The second kappa shape index (κ2) is 6.75. The molecule has 1 aromatic carbocycles. The molecule has 0 aliphatic heterocycles. The Kier molecular flexibility index (Phi) is 4.98. The van der Waals surface area contributed by atoms with Crippen molar-refractivity contribution in [1.29, 1.82) is 0 Å². The van der Waals surface area contributed by atoms with Crippen molar-refractivity contribution in [3.63, 3.8) is 0 Å². The number of Topliss-reactive ketones (excluding diaryl/α,β-unsaturated/α-hetero) is 1. The van der Waals surface area contributed by atoms with Crippen LogP contribution in [-0.2, 0) is 16.0 Å². The Labute approximate surface area is 129 Å². The van der Waals surface area contributed by atoms with E-state index in [2.05, 4.69) is 4.98 Å². The third-order valence-corrected chi connectivity index (χ3v) is 4.12. The fourth-order valence-corrected chi connectivity index (χ4v) is 2.67. The van der Waals surface area contributed by atoms with Gasteiger partial charge in [-0.3, -0.25) is 9.59 Å². The maximum atomic E-state index is 12.3. The number of fused-ring (bicyclic) bond motifs is 1. The molecule has 0 unspecified atom stereocenters. The number of aliphatic hydroxyl groups excluding tert-OH is 1. The summed E-state index contributed by atoms with van der Waals surface area (Å²) in [7, 11) is 0. The number of aliphatic hydroxyl groups is 1. The number of nitrogens with one attached hydrogen (secondary N) is 1. The van der Waals surface area contributed by atoms with Crippen LogP contribution in [0.2, 0.25) is 0 Å². The van der Waals surface area contributed by atoms with Crippen LogP contribution in [0.4, 0.5) is 0 Å². The van der Waals surface area contributed by atoms with Crippen molar-refractivity contribution in [3.05, 3.63) is 36.0 Å². The van der Waals surface area contributed by atoms with Gasteiger partial charge in [0.15, 0.2) is 0 Å². The van der Waals surface area contributed by atoms with Gasteiger partial charge in [-0.25, -0.2) is 0 Å². The first-order chi connectivity index (χ1) is 10.4. The zero-order chi connectivity index (χ0) is 16.3. The molecule has 118 valence electrons. The predicted molar refractivity (Wildman–Crippen MR) is 85.2 cm³/mol. The Hall–Kier alpha value is -2.14. The van der Waals surface area contributed by atoms with E-state index in [1.807, 2.05) is 37.4 Å². The molecule has 0 saturated heterocycles. The van der Waals surface area contributed by atoms with Crippen molar-refractivity contribution >= 4 is 22.6 Å². The maximum Gasteiger partial charge on any atom is 0.223 e. The van der Waals surface area contributed by atoms with Crippen LogP contribution in [0.15, 0.2) is 30.5 Å². The second-order valence-electron chi connectivity index (χ2n) is 5.88. The molecule has 5 nitrogen and oxygen atoms in total. The number of amides is 1. The summed E-state index contributed by atoms with van der Waals surface area (Å²) in [6, 6.07) is 7.92. The van der Waals surface area contributed by atoms with Crippen LogP contribution >= 0.6 is 0 Å². The van der Waals surface area contributed by atoms with Crippen LogP contribution < -0.4 is 5.73 Å². The number of hydrogen-bond donors (Lipinski definition) is 3. The number of carbonyl (C=O) groups excluding carboxylic acids is 2. The number of hydrogen-bond acceptors (Lipinski definition) is 3. The fourth-order valence-electron chi connectivity index (χ4n) is 2.67. The monoisotopic (exact) mass is 302 g/mol. The molecule has 4 N–H and O–H groups in total. The van der Waals surface area contributed by atoms with E-state index in [1.54, 1.807) is 0 Å². The number of ketones is 1. The summed E-state index contributed by atoms with van der Waals surface area (Å²) in [5.41, 5.74) is 7.35. The average molecular weight is 302 g/mol. The van der Waals surface area contributed by atoms with Crippen LogP contribution in [0, 0.1) is 11.8 Å². The van der Waals surface area contributed by atoms with Gasteiger partial charge < -0.3 is 15.8 Å². The summed E-state index contributed by atoms with van der Waals surface area (Å²) in [6.07, 6.45) is 1.57. The minimum absolute atomic E-state index is 0.0173. The first-order valence-electron chi connectivity index (χ1n) is 7.45. The van der Waals surface area contributed by atoms with Crippen LogP contribution in [0.3, 0.4) is 0 Å². The number of primary amides is 1. The number of para-hydroxylation sites is 1. The van der Waals surface area contributed by atoms with Crippen molar-refractivity contribution in [2.45, 2.75) is 32.8 Å². The van der Waals surface area contributed by atoms with E-state index in [4.69, 9.17) is 5.73 Å². The lowest BCUT2D eigenvalue weighted by Gasteiger charge is -2.18. The molecule has 22 heavy (non-hydrogen) atoms. The topological polar surface area (TPSA) is 96.2 Å². The Morgan fingerprint density at radius 1 is 1.27 bits per heavy atom. The molecule has 5 heteroatoms. The molecule has 0 aliphatic rings. The van der Waals surface area contributed by atoms with Crippen LogP contribution in [-0.4, -0.2) is 27.9 Å². The van der Waals surface area contributed by atoms with Crippen LogP contribution in [0.5, 0.6) is 0 Å². The molecule has 2 aromatic rings. The Morgan fingerprint density at radius 2 is 1.95 bits per heavy atom. The van der Waals surface area contributed by atoms with Crippen molar-refractivity contribution in [3.8, 4) is 0 Å². The molecule has 0 fully saturated rings. The van der Waals surface area contributed by atoms with Crippen molar-refractivity contribution in [2.75, 3.05) is 0 Å². The highest BCUT2D eigenvalue weighted by Gasteiger charge is 2.27. The van der Waals surface area contributed by atoms with Gasteiger partial charge in [0.1, 0.15) is 5.78 Å². The van der Waals surface area contributed by atoms with Crippen molar-refractivity contribution in [2.24, 2.45) is 17.6 Å². The molecule has 0 spiro atoms. The Bertz CT molecular complexity index is 675. The second-order valence-corrected chi connectivity index (χ2v) is 5.88. The number of H-pyrrole nitrogens is 1. The quantitative estimate of drug-likeness (QED) is 0.727. The molecular weight excluding hydrogens is 280 g/mol. The Balaban J connectivity index is 2.06. The number of aromatic amines is 1. The molecule has 0 aliphatic carbocycles. The maximum absolute atomic E-state index is 12.3. The molecule has 1 amide bonds. The minimum atomic E-state index is -0.915. The number of carbonyl (C=O) groups is 2. The lowest BCUT2D eigenvalue weighted by Crippen LogP contribution is -2.34. The highest BCUT2D eigenvalue weighted by atomic mass is 16.3. The fraction of sp³-hybridized carbons (Fsp3) is 0.412. The average Bonchev–Trinajstić information content (AvgIpc) is 2.87. The van der Waals surface area contributed by atoms with Gasteiger partial charge in [-0.15, -0.1) is 0 Å². The van der Waals surface area contributed by atoms with Gasteiger partial charge in [-0.1, -0.05) is 25.1 Å². The van der Waals surface area contributed by atoms with Crippen molar-refractivity contribution < 1.29 is 14.7 Å². The van der Waals surface area contributed by atoms with Gasteiger partial charge >= 0.3 is 0 Å². The highest BCUT2D eigenvalue weighted by Crippen LogP contribution is 2.22. The molecule has 1 heterocycles. The molecule has 0 saturated carbocycles. The third kappa shape index (κ3) is 3.54. The molecule has 1 aromatic heterocycles. The number of aromatic nitrogens is 1. The molecule has 2 rings (SSSR count). The van der Waals surface area contributed by atoms with E-state index < -0.39 is 17.9 Å². The SMILES string of the molecule is C[C@@H](Cc1c[nH]c2ccccc12)C(=O)C[C@H](C(N)=O)[C@@H](C)O. The standard InChI is InChI=1S/C17H22N2O3/c1-10(16(21)8-14(11(2)20)17(18)22)7-12-9-19-15-6-4-3-5-13(12)15/h3-6,9-11,14,19-20H,7-8H2,1-2H3,(H2,18,22)/t10-,11+,14-/m0/s1. The summed E-state index contributed by atoms with van der Waals surface area (Å²) < 4.78 is 0. The Morgan fingerprint density at radius 3 is 2.59 bits per heavy atom. The van der Waals surface area contributed by atoms with Gasteiger partial charge in [-0.2, -0.15) is 0 Å². The van der Waals surface area contributed by atoms with Crippen molar-refractivity contribution in [1.82, 2.24) is 4.98 Å². The van der Waals surface area contributed by atoms with Gasteiger partial charge in [0.2, 0.25) is 5.91 Å². The summed E-state index contributed by atoms with van der Waals surface area (Å²) in [4.78, 5) is 26.8. The van der Waals surface area contributed by atoms with Crippen LogP contribution in [0.25, 0.3) is 10.9 Å². The normalized spacial score (nSPS) is 15.4. The molecule has 0 radical (unpaired) electrons. The predicted octanol–water partition coefficient (Wildman–Crippen LogP) is 1.79. The van der Waals surface area contributed by atoms with E-state index >= 15 is 0 Å². The zero-order valence-electron chi connectivity index (χ0n) is 12.9. The van der Waals surface area contributed by atoms with Gasteiger partial charge in [-0.05, 0) is 25.0 Å². The molecule has 3 atom stereocenters. The zero-order valence-corrected chi connectivity index (χ0v) is 12.9. The molecule has 0 bridgehead atoms. The first kappa shape index (κ1) is 16.2. The smallest absolute Gasteiger partial charge is 0.223 e. The highest BCUT2D eigenvalue weighted by molar-refractivity contribution is 5.88. The minimum Gasteiger partial charge on any atom is -0.393 e. The lowest BCUT2D eigenvalue weighted by molar-refractivity contribution is -0.132.